The number of fused-ring (bicyclic) bond motifs is 3. The van der Waals surface area contributed by atoms with Crippen molar-refractivity contribution in [2.75, 3.05) is 0 Å². The van der Waals surface area contributed by atoms with Gasteiger partial charge in [0.05, 0.1) is 0 Å². The molecule has 4 nitrogen and oxygen atoms in total. The molecule has 0 radical (unpaired) electrons. The summed E-state index contributed by atoms with van der Waals surface area (Å²) in [6.45, 7) is 0. The summed E-state index contributed by atoms with van der Waals surface area (Å²) in [5.74, 6) is -0.253. The summed E-state index contributed by atoms with van der Waals surface area (Å²) >= 11 is 0. The Morgan fingerprint density at radius 1 is 1.40 bits per heavy atom. The second-order valence-corrected chi connectivity index (χ2v) is 3.54. The summed E-state index contributed by atoms with van der Waals surface area (Å²) in [4.78, 5) is 17.9. The molecule has 0 amide bonds. The molecule has 1 aromatic carbocycles. The lowest BCUT2D eigenvalue weighted by molar-refractivity contribution is -0.129. The number of nitrogens with zero attached hydrogens (tertiary/aromatic N) is 1. The molecule has 15 heavy (non-hydrogen) atoms. The second kappa shape index (κ2) is 2.70. The van der Waals surface area contributed by atoms with Gasteiger partial charge in [-0.1, -0.05) is 18.2 Å². The number of aromatic amines is 1. The van der Waals surface area contributed by atoms with Crippen LogP contribution < -0.4 is 0 Å². The predicted octanol–water partition coefficient (Wildman–Crippen LogP) is 1.88. The molecule has 0 saturated carbocycles. The normalized spacial score (nSPS) is 14.0. The smallest absolute Gasteiger partial charge is 0.350 e. The number of rotatable bonds is 1. The van der Waals surface area contributed by atoms with E-state index in [0.717, 1.165) is 16.5 Å². The minimum atomic E-state index is -0.941. The molecule has 3 rings (SSSR count). The molecule has 74 valence electrons. The Kier molecular flexibility index (Phi) is 1.48. The first-order valence-corrected chi connectivity index (χ1v) is 4.66. The van der Waals surface area contributed by atoms with Gasteiger partial charge in [-0.05, 0) is 6.07 Å². The molecule has 1 aromatic heterocycles. The van der Waals surface area contributed by atoms with Crippen LogP contribution in [0, 0.1) is 0 Å². The van der Waals surface area contributed by atoms with Gasteiger partial charge < -0.3 is 10.1 Å². The first-order valence-electron chi connectivity index (χ1n) is 4.66. The molecule has 0 saturated heterocycles. The average Bonchev–Trinajstić information content (AvgIpc) is 2.73. The fourth-order valence-corrected chi connectivity index (χ4v) is 1.93. The number of aromatic nitrogens is 1. The van der Waals surface area contributed by atoms with Crippen LogP contribution in [-0.4, -0.2) is 21.8 Å². The van der Waals surface area contributed by atoms with Crippen molar-refractivity contribution in [3.8, 4) is 0 Å². The van der Waals surface area contributed by atoms with Gasteiger partial charge in [0.1, 0.15) is 11.5 Å². The van der Waals surface area contributed by atoms with E-state index in [1.807, 2.05) is 24.3 Å². The van der Waals surface area contributed by atoms with E-state index in [1.165, 1.54) is 0 Å². The van der Waals surface area contributed by atoms with Crippen LogP contribution in [-0.2, 0) is 11.2 Å². The standard InChI is InChI=1S/C11H8N2O2/c14-11(15)9-5-7-6-3-1-2-4-8(6)12-10(7)13-9/h1-4,12H,5H2,(H,14,15). The van der Waals surface area contributed by atoms with E-state index in [-0.39, 0.29) is 5.71 Å². The largest absolute Gasteiger partial charge is 0.477 e. The molecule has 1 aliphatic rings. The molecule has 2 heterocycles. The molecule has 4 heteroatoms. The molecule has 0 fully saturated rings. The lowest BCUT2D eigenvalue weighted by atomic mass is 10.1. The van der Waals surface area contributed by atoms with E-state index < -0.39 is 5.97 Å². The highest BCUT2D eigenvalue weighted by atomic mass is 16.4. The summed E-state index contributed by atoms with van der Waals surface area (Å²) in [5, 5.41) is 9.89. The number of hydrogen-bond acceptors (Lipinski definition) is 2. The Morgan fingerprint density at radius 3 is 3.00 bits per heavy atom. The molecule has 2 N–H and O–H groups in total. The van der Waals surface area contributed by atoms with Gasteiger partial charge in [0, 0.05) is 22.9 Å². The van der Waals surface area contributed by atoms with Gasteiger partial charge in [-0.15, -0.1) is 0 Å². The number of H-pyrrole nitrogens is 1. The van der Waals surface area contributed by atoms with Crippen molar-refractivity contribution in [2.45, 2.75) is 6.42 Å². The Bertz CT molecular complexity index is 596. The van der Waals surface area contributed by atoms with Crippen LogP contribution in [0.5, 0.6) is 0 Å². The number of aliphatic imine (C=N–C) groups is 1. The minimum Gasteiger partial charge on any atom is -0.477 e. The topological polar surface area (TPSA) is 65.4 Å². The maximum absolute atomic E-state index is 10.8. The van der Waals surface area contributed by atoms with Gasteiger partial charge in [0.25, 0.3) is 0 Å². The highest BCUT2D eigenvalue weighted by Gasteiger charge is 2.23. The van der Waals surface area contributed by atoms with Crippen LogP contribution in [0.15, 0.2) is 29.3 Å². The maximum atomic E-state index is 10.8. The van der Waals surface area contributed by atoms with Crippen LogP contribution in [0.1, 0.15) is 5.56 Å². The molecular formula is C11H8N2O2. The van der Waals surface area contributed by atoms with Crippen molar-refractivity contribution in [1.82, 2.24) is 4.98 Å². The highest BCUT2D eigenvalue weighted by Crippen LogP contribution is 2.33. The van der Waals surface area contributed by atoms with Crippen LogP contribution in [0.3, 0.4) is 0 Å². The summed E-state index contributed by atoms with van der Waals surface area (Å²) < 4.78 is 0. The number of carboxylic acids is 1. The van der Waals surface area contributed by atoms with Gasteiger partial charge in [-0.25, -0.2) is 9.79 Å². The highest BCUT2D eigenvalue weighted by molar-refractivity contribution is 6.38. The number of nitrogens with one attached hydrogen (secondary N) is 1. The number of benzene rings is 1. The number of carboxylic acid groups (broad SMARTS) is 1. The van der Waals surface area contributed by atoms with E-state index in [9.17, 15) is 4.79 Å². The van der Waals surface area contributed by atoms with E-state index in [0.29, 0.717) is 12.2 Å². The Labute approximate surface area is 85.3 Å². The van der Waals surface area contributed by atoms with E-state index in [4.69, 9.17) is 5.11 Å². The zero-order valence-corrected chi connectivity index (χ0v) is 7.82. The van der Waals surface area contributed by atoms with E-state index in [2.05, 4.69) is 9.98 Å². The molecule has 0 aliphatic carbocycles. The van der Waals surface area contributed by atoms with Crippen molar-refractivity contribution in [3.05, 3.63) is 29.8 Å². The van der Waals surface area contributed by atoms with Crippen molar-refractivity contribution in [1.29, 1.82) is 0 Å². The molecular weight excluding hydrogens is 192 g/mol. The summed E-state index contributed by atoms with van der Waals surface area (Å²) in [5.41, 5.74) is 2.21. The Hall–Kier alpha value is -2.10. The molecule has 2 aromatic rings. The van der Waals surface area contributed by atoms with Crippen molar-refractivity contribution in [2.24, 2.45) is 4.99 Å². The third-order valence-corrected chi connectivity index (χ3v) is 2.63. The predicted molar refractivity (Wildman–Crippen MR) is 56.7 cm³/mol. The van der Waals surface area contributed by atoms with Gasteiger partial charge >= 0.3 is 5.97 Å². The first-order chi connectivity index (χ1) is 7.25. The third-order valence-electron chi connectivity index (χ3n) is 2.63. The molecule has 0 bridgehead atoms. The summed E-state index contributed by atoms with van der Waals surface area (Å²) in [6, 6.07) is 7.82. The third kappa shape index (κ3) is 1.08. The second-order valence-electron chi connectivity index (χ2n) is 3.54. The zero-order chi connectivity index (χ0) is 10.4. The molecule has 0 unspecified atom stereocenters. The summed E-state index contributed by atoms with van der Waals surface area (Å²) in [6.07, 6.45) is 0.411. The minimum absolute atomic E-state index is 0.210. The molecule has 0 atom stereocenters. The average molecular weight is 200 g/mol. The lowest BCUT2D eigenvalue weighted by Crippen LogP contribution is -2.12. The maximum Gasteiger partial charge on any atom is 0.350 e. The number of para-hydroxylation sites is 1. The van der Waals surface area contributed by atoms with E-state index >= 15 is 0 Å². The van der Waals surface area contributed by atoms with Crippen molar-refractivity contribution >= 4 is 28.4 Å². The van der Waals surface area contributed by atoms with Crippen LogP contribution in [0.2, 0.25) is 0 Å². The van der Waals surface area contributed by atoms with Gasteiger partial charge in [0.2, 0.25) is 0 Å². The van der Waals surface area contributed by atoms with E-state index in [1.54, 1.807) is 0 Å². The summed E-state index contributed by atoms with van der Waals surface area (Å²) in [7, 11) is 0. The zero-order valence-electron chi connectivity index (χ0n) is 7.82. The quantitative estimate of drug-likeness (QED) is 0.738. The van der Waals surface area contributed by atoms with Gasteiger partial charge in [0.15, 0.2) is 0 Å². The van der Waals surface area contributed by atoms with Crippen LogP contribution in [0.4, 0.5) is 5.82 Å². The monoisotopic (exact) mass is 200 g/mol. The van der Waals surface area contributed by atoms with Gasteiger partial charge in [-0.3, -0.25) is 0 Å². The number of carbonyl (C=O) groups is 1. The molecule has 0 spiro atoms. The van der Waals surface area contributed by atoms with Gasteiger partial charge in [-0.2, -0.15) is 0 Å². The van der Waals surface area contributed by atoms with Crippen molar-refractivity contribution < 1.29 is 9.90 Å². The fourth-order valence-electron chi connectivity index (χ4n) is 1.93. The van der Waals surface area contributed by atoms with Crippen LogP contribution in [0.25, 0.3) is 10.9 Å². The Morgan fingerprint density at radius 2 is 2.20 bits per heavy atom. The number of hydrogen-bond donors (Lipinski definition) is 2. The van der Waals surface area contributed by atoms with Crippen molar-refractivity contribution in [3.63, 3.8) is 0 Å². The molecule has 1 aliphatic heterocycles. The Balaban J connectivity index is 2.22. The SMILES string of the molecule is O=C(O)C1=Nc2[nH]c3ccccc3c2C1. The first kappa shape index (κ1) is 8.23. The number of aliphatic carboxylic acids is 1. The lowest BCUT2D eigenvalue weighted by Gasteiger charge is -1.93. The fraction of sp³-hybridized carbons (Fsp3) is 0.0909. The van der Waals surface area contributed by atoms with Crippen LogP contribution >= 0.6 is 0 Å².